The first-order chi connectivity index (χ1) is 11.3. The fourth-order valence-corrected chi connectivity index (χ4v) is 7.07. The minimum Gasteiger partial charge on any atom is -0.390 e. The lowest BCUT2D eigenvalue weighted by Crippen LogP contribution is -2.69. The molecule has 0 aromatic carbocycles. The number of amides is 1. The first-order valence-corrected chi connectivity index (χ1v) is 9.19. The SMILES string of the molecule is N#C[C@H]1C[C@H]2C[C@H]2N1C(=O)[C@@H](N)C12CC3CC(O)(CC(O)(C3)C1)C2. The van der Waals surface area contributed by atoms with Gasteiger partial charge in [0.2, 0.25) is 5.91 Å². The summed E-state index contributed by atoms with van der Waals surface area (Å²) in [5.41, 5.74) is 4.21. The second kappa shape index (κ2) is 4.32. The van der Waals surface area contributed by atoms with E-state index < -0.39 is 22.7 Å². The minimum absolute atomic E-state index is 0.138. The van der Waals surface area contributed by atoms with E-state index in [0.717, 1.165) is 19.3 Å². The molecule has 5 aliphatic carbocycles. The van der Waals surface area contributed by atoms with E-state index in [0.29, 0.717) is 38.0 Å². The lowest BCUT2D eigenvalue weighted by molar-refractivity contribution is -0.234. The second-order valence-corrected chi connectivity index (χ2v) is 9.49. The molecule has 6 rings (SSSR count). The van der Waals surface area contributed by atoms with Crippen molar-refractivity contribution in [2.24, 2.45) is 23.0 Å². The molecule has 24 heavy (non-hydrogen) atoms. The van der Waals surface area contributed by atoms with E-state index in [1.54, 1.807) is 4.90 Å². The zero-order valence-corrected chi connectivity index (χ0v) is 13.8. The largest absolute Gasteiger partial charge is 0.390 e. The van der Waals surface area contributed by atoms with Gasteiger partial charge in [-0.2, -0.15) is 5.26 Å². The van der Waals surface area contributed by atoms with E-state index in [-0.39, 0.29) is 23.9 Å². The van der Waals surface area contributed by atoms with Crippen LogP contribution in [0, 0.1) is 28.6 Å². The van der Waals surface area contributed by atoms with Crippen LogP contribution in [0.2, 0.25) is 0 Å². The van der Waals surface area contributed by atoms with Gasteiger partial charge < -0.3 is 20.8 Å². The average molecular weight is 331 g/mol. The van der Waals surface area contributed by atoms with Crippen LogP contribution in [-0.2, 0) is 4.79 Å². The molecule has 4 bridgehead atoms. The summed E-state index contributed by atoms with van der Waals surface area (Å²) in [5.74, 6) is 0.574. The van der Waals surface area contributed by atoms with Crippen molar-refractivity contribution in [2.75, 3.05) is 0 Å². The van der Waals surface area contributed by atoms with Gasteiger partial charge in [0.25, 0.3) is 0 Å². The summed E-state index contributed by atoms with van der Waals surface area (Å²) >= 11 is 0. The summed E-state index contributed by atoms with van der Waals surface area (Å²) in [5, 5.41) is 31.1. The Morgan fingerprint density at radius 3 is 2.42 bits per heavy atom. The second-order valence-electron chi connectivity index (χ2n) is 9.49. The molecule has 1 amide bonds. The molecule has 5 saturated carbocycles. The van der Waals surface area contributed by atoms with E-state index in [9.17, 15) is 20.3 Å². The molecule has 6 fully saturated rings. The molecule has 6 nitrogen and oxygen atoms in total. The predicted octanol–water partition coefficient (Wildman–Crippen LogP) is 0.273. The molecule has 0 spiro atoms. The van der Waals surface area contributed by atoms with Crippen molar-refractivity contribution in [3.8, 4) is 6.07 Å². The average Bonchev–Trinajstić information content (AvgIpc) is 3.12. The van der Waals surface area contributed by atoms with E-state index in [1.807, 2.05) is 0 Å². The molecule has 1 heterocycles. The van der Waals surface area contributed by atoms with E-state index in [4.69, 9.17) is 5.73 Å². The maximum atomic E-state index is 13.2. The first-order valence-electron chi connectivity index (χ1n) is 9.19. The number of likely N-dealkylation sites (tertiary alicyclic amines) is 1. The van der Waals surface area contributed by atoms with Gasteiger partial charge in [-0.05, 0) is 56.8 Å². The number of carbonyl (C=O) groups is 1. The highest BCUT2D eigenvalue weighted by Crippen LogP contribution is 2.64. The van der Waals surface area contributed by atoms with Gasteiger partial charge in [-0.15, -0.1) is 0 Å². The number of aliphatic hydroxyl groups is 2. The molecule has 4 N–H and O–H groups in total. The van der Waals surface area contributed by atoms with Crippen molar-refractivity contribution < 1.29 is 15.0 Å². The standard InChI is InChI=1S/C18H25N3O3/c19-6-12-1-11-2-13(11)21(12)15(22)14(20)16-3-10-4-17(23,7-16)9-18(24,5-10)8-16/h10-14,23-24H,1-5,7-9,20H2/t10?,11-,12+,13+,14+,16?,17?,18?/m0/s1. The van der Waals surface area contributed by atoms with E-state index in [1.165, 1.54) is 0 Å². The summed E-state index contributed by atoms with van der Waals surface area (Å²) in [4.78, 5) is 14.9. The number of hydrogen-bond acceptors (Lipinski definition) is 5. The van der Waals surface area contributed by atoms with Crippen molar-refractivity contribution in [2.45, 2.75) is 80.7 Å². The maximum absolute atomic E-state index is 13.2. The van der Waals surface area contributed by atoms with Crippen LogP contribution in [0.15, 0.2) is 0 Å². The van der Waals surface area contributed by atoms with Crippen LogP contribution in [0.5, 0.6) is 0 Å². The Kier molecular flexibility index (Phi) is 2.72. The number of nitrogens with zero attached hydrogens (tertiary/aromatic N) is 2. The summed E-state index contributed by atoms with van der Waals surface area (Å²) in [6, 6.07) is 1.36. The highest BCUT2D eigenvalue weighted by Gasteiger charge is 2.66. The highest BCUT2D eigenvalue weighted by molar-refractivity contribution is 5.84. The molecule has 0 aromatic rings. The molecule has 6 atom stereocenters. The molecule has 0 radical (unpaired) electrons. The molecular weight excluding hydrogens is 306 g/mol. The van der Waals surface area contributed by atoms with Gasteiger partial charge in [-0.25, -0.2) is 0 Å². The van der Waals surface area contributed by atoms with Crippen LogP contribution in [0.25, 0.3) is 0 Å². The fourth-order valence-electron chi connectivity index (χ4n) is 7.07. The molecule has 6 aliphatic rings. The maximum Gasteiger partial charge on any atom is 0.241 e. The number of nitrogens with two attached hydrogens (primary N) is 1. The fraction of sp³-hybridized carbons (Fsp3) is 0.889. The van der Waals surface area contributed by atoms with Crippen molar-refractivity contribution >= 4 is 5.91 Å². The van der Waals surface area contributed by atoms with Crippen LogP contribution in [0.1, 0.15) is 51.4 Å². The Balaban J connectivity index is 1.45. The predicted molar refractivity (Wildman–Crippen MR) is 84.3 cm³/mol. The van der Waals surface area contributed by atoms with Gasteiger partial charge >= 0.3 is 0 Å². The van der Waals surface area contributed by atoms with Gasteiger partial charge in [0, 0.05) is 17.9 Å². The van der Waals surface area contributed by atoms with E-state index >= 15 is 0 Å². The summed E-state index contributed by atoms with van der Waals surface area (Å²) in [6.45, 7) is 0. The highest BCUT2D eigenvalue weighted by atomic mass is 16.3. The number of hydrogen-bond donors (Lipinski definition) is 3. The van der Waals surface area contributed by atoms with Crippen LogP contribution in [-0.4, -0.2) is 50.3 Å². The molecule has 1 aliphatic heterocycles. The first kappa shape index (κ1) is 15.1. The molecule has 6 heteroatoms. The quantitative estimate of drug-likeness (QED) is 0.673. The Hall–Kier alpha value is -1.16. The topological polar surface area (TPSA) is 111 Å². The normalized spacial score (nSPS) is 55.2. The summed E-state index contributed by atoms with van der Waals surface area (Å²) in [7, 11) is 0. The molecule has 1 saturated heterocycles. The third-order valence-electron chi connectivity index (χ3n) is 7.49. The number of carbonyl (C=O) groups excluding carboxylic acids is 1. The third-order valence-corrected chi connectivity index (χ3v) is 7.49. The smallest absolute Gasteiger partial charge is 0.241 e. The van der Waals surface area contributed by atoms with Gasteiger partial charge in [0.1, 0.15) is 6.04 Å². The Bertz CT molecular complexity index is 640. The monoisotopic (exact) mass is 331 g/mol. The zero-order chi connectivity index (χ0) is 16.9. The Morgan fingerprint density at radius 1 is 1.17 bits per heavy atom. The summed E-state index contributed by atoms with van der Waals surface area (Å²) in [6.07, 6.45) is 5.41. The Morgan fingerprint density at radius 2 is 1.83 bits per heavy atom. The number of fused-ring (bicyclic) bond motifs is 1. The Labute approximate surface area is 141 Å². The van der Waals surface area contributed by atoms with Crippen LogP contribution >= 0.6 is 0 Å². The molecule has 0 aromatic heterocycles. The molecular formula is C18H25N3O3. The third kappa shape index (κ3) is 1.89. The van der Waals surface area contributed by atoms with Crippen molar-refractivity contribution in [3.63, 3.8) is 0 Å². The summed E-state index contributed by atoms with van der Waals surface area (Å²) < 4.78 is 0. The van der Waals surface area contributed by atoms with Crippen LogP contribution in [0.3, 0.4) is 0 Å². The van der Waals surface area contributed by atoms with Crippen molar-refractivity contribution in [1.29, 1.82) is 5.26 Å². The zero-order valence-electron chi connectivity index (χ0n) is 13.8. The van der Waals surface area contributed by atoms with Crippen LogP contribution in [0.4, 0.5) is 0 Å². The van der Waals surface area contributed by atoms with Crippen molar-refractivity contribution in [3.05, 3.63) is 0 Å². The molecule has 2 unspecified atom stereocenters. The lowest BCUT2D eigenvalue weighted by atomic mass is 9.44. The van der Waals surface area contributed by atoms with Gasteiger partial charge in [0.15, 0.2) is 0 Å². The van der Waals surface area contributed by atoms with E-state index in [2.05, 4.69) is 6.07 Å². The van der Waals surface area contributed by atoms with Crippen molar-refractivity contribution in [1.82, 2.24) is 4.90 Å². The van der Waals surface area contributed by atoms with Crippen LogP contribution < -0.4 is 5.73 Å². The van der Waals surface area contributed by atoms with Gasteiger partial charge in [-0.1, -0.05) is 0 Å². The number of nitriles is 1. The minimum atomic E-state index is -0.881. The number of rotatable bonds is 2. The lowest BCUT2D eigenvalue weighted by Gasteiger charge is -2.64. The molecule has 130 valence electrons. The van der Waals surface area contributed by atoms with Gasteiger partial charge in [-0.3, -0.25) is 4.79 Å². The van der Waals surface area contributed by atoms with Gasteiger partial charge in [0.05, 0.1) is 23.3 Å². The number of piperidine rings is 1.